The zero-order chi connectivity index (χ0) is 16.2. The quantitative estimate of drug-likeness (QED) is 0.503. The minimum atomic E-state index is 0.444. The van der Waals surface area contributed by atoms with Crippen LogP contribution in [0, 0.1) is 0 Å². The molecule has 0 saturated carbocycles. The first-order valence-corrected chi connectivity index (χ1v) is 9.37. The van der Waals surface area contributed by atoms with E-state index in [2.05, 4.69) is 27.6 Å². The molecular formula is C16H16Cl3N3S. The average Bonchev–Trinajstić information content (AvgIpc) is 2.99. The molecule has 0 bridgehead atoms. The highest BCUT2D eigenvalue weighted by Gasteiger charge is 2.12. The molecule has 1 N–H and O–H groups in total. The molecule has 1 aliphatic heterocycles. The van der Waals surface area contributed by atoms with E-state index in [0.29, 0.717) is 20.8 Å². The van der Waals surface area contributed by atoms with Crippen LogP contribution in [0.3, 0.4) is 0 Å². The monoisotopic (exact) mass is 387 g/mol. The molecule has 7 heteroatoms. The van der Waals surface area contributed by atoms with E-state index in [0.717, 1.165) is 18.0 Å². The van der Waals surface area contributed by atoms with Crippen molar-refractivity contribution >= 4 is 63.0 Å². The van der Waals surface area contributed by atoms with E-state index in [1.165, 1.54) is 24.3 Å². The second kappa shape index (κ2) is 7.75. The van der Waals surface area contributed by atoms with Crippen LogP contribution in [0.15, 0.2) is 29.4 Å². The Kier molecular flexibility index (Phi) is 5.70. The maximum Gasteiger partial charge on any atom is 0.0935 e. The third-order valence-corrected chi connectivity index (χ3v) is 5.55. The van der Waals surface area contributed by atoms with Crippen LogP contribution in [0.2, 0.25) is 15.1 Å². The summed E-state index contributed by atoms with van der Waals surface area (Å²) in [5.74, 6) is 0. The van der Waals surface area contributed by atoms with Gasteiger partial charge in [0.05, 0.1) is 26.9 Å². The molecule has 3 nitrogen and oxygen atoms in total. The fourth-order valence-corrected chi connectivity index (χ4v) is 4.34. The van der Waals surface area contributed by atoms with Gasteiger partial charge in [0.1, 0.15) is 0 Å². The first kappa shape index (κ1) is 16.9. The third kappa shape index (κ3) is 4.32. The van der Waals surface area contributed by atoms with E-state index in [-0.39, 0.29) is 0 Å². The van der Waals surface area contributed by atoms with Gasteiger partial charge in [0.15, 0.2) is 0 Å². The van der Waals surface area contributed by atoms with Gasteiger partial charge in [-0.05, 0) is 43.5 Å². The molecule has 0 radical (unpaired) electrons. The van der Waals surface area contributed by atoms with Crippen molar-refractivity contribution < 1.29 is 0 Å². The van der Waals surface area contributed by atoms with Crippen molar-refractivity contribution in [2.45, 2.75) is 19.3 Å². The summed E-state index contributed by atoms with van der Waals surface area (Å²) in [6, 6.07) is 7.49. The highest BCUT2D eigenvalue weighted by molar-refractivity contribution is 7.17. The van der Waals surface area contributed by atoms with Crippen LogP contribution in [0.5, 0.6) is 0 Å². The molecule has 0 spiro atoms. The highest BCUT2D eigenvalue weighted by atomic mass is 35.5. The van der Waals surface area contributed by atoms with Crippen molar-refractivity contribution in [1.29, 1.82) is 0 Å². The Labute approximate surface area is 154 Å². The van der Waals surface area contributed by atoms with Gasteiger partial charge in [0, 0.05) is 23.0 Å². The van der Waals surface area contributed by atoms with Crippen LogP contribution in [0.4, 0.5) is 10.7 Å². The van der Waals surface area contributed by atoms with Crippen molar-refractivity contribution in [3.8, 4) is 0 Å². The molecule has 0 aliphatic carbocycles. The molecule has 1 aliphatic rings. The molecule has 0 atom stereocenters. The summed E-state index contributed by atoms with van der Waals surface area (Å²) >= 11 is 19.9. The lowest BCUT2D eigenvalue weighted by atomic mass is 10.1. The molecule has 0 amide bonds. The van der Waals surface area contributed by atoms with Gasteiger partial charge in [-0.15, -0.1) is 11.3 Å². The van der Waals surface area contributed by atoms with E-state index >= 15 is 0 Å². The lowest BCUT2D eigenvalue weighted by Gasteiger charge is -2.27. The van der Waals surface area contributed by atoms with Crippen LogP contribution < -0.4 is 10.3 Å². The first-order valence-electron chi connectivity index (χ1n) is 7.42. The van der Waals surface area contributed by atoms with E-state index in [4.69, 9.17) is 34.8 Å². The van der Waals surface area contributed by atoms with Gasteiger partial charge in [-0.25, -0.2) is 0 Å². The fourth-order valence-electron chi connectivity index (χ4n) is 2.51. The van der Waals surface area contributed by atoms with Crippen molar-refractivity contribution in [3.63, 3.8) is 0 Å². The number of rotatable bonds is 4. The lowest BCUT2D eigenvalue weighted by molar-refractivity contribution is 0.580. The van der Waals surface area contributed by atoms with Crippen molar-refractivity contribution in [1.82, 2.24) is 0 Å². The van der Waals surface area contributed by atoms with Crippen molar-refractivity contribution in [3.05, 3.63) is 44.2 Å². The zero-order valence-corrected chi connectivity index (χ0v) is 15.4. The number of piperidine rings is 1. The fraction of sp³-hybridized carbons (Fsp3) is 0.312. The molecule has 3 rings (SSSR count). The second-order valence-electron chi connectivity index (χ2n) is 5.34. The summed E-state index contributed by atoms with van der Waals surface area (Å²) in [6.45, 7) is 2.29. The summed E-state index contributed by atoms with van der Waals surface area (Å²) in [6.07, 6.45) is 5.66. The number of halogens is 3. The Morgan fingerprint density at radius 2 is 1.74 bits per heavy atom. The summed E-state index contributed by atoms with van der Waals surface area (Å²) in [7, 11) is 0. The number of nitrogens with one attached hydrogen (secondary N) is 1. The Morgan fingerprint density at radius 3 is 2.43 bits per heavy atom. The molecular weight excluding hydrogens is 373 g/mol. The summed E-state index contributed by atoms with van der Waals surface area (Å²) < 4.78 is 0. The SMILES string of the molecule is Clc1cc(Cl)c(N/N=C/c2ccc(N3CCCCC3)s2)c(Cl)c1. The van der Waals surface area contributed by atoms with Crippen LogP contribution >= 0.6 is 46.1 Å². The number of hydrogen-bond donors (Lipinski definition) is 1. The molecule has 23 heavy (non-hydrogen) atoms. The number of hydrogen-bond acceptors (Lipinski definition) is 4. The summed E-state index contributed by atoms with van der Waals surface area (Å²) in [4.78, 5) is 3.52. The minimum absolute atomic E-state index is 0.444. The topological polar surface area (TPSA) is 27.6 Å². The lowest BCUT2D eigenvalue weighted by Crippen LogP contribution is -2.28. The summed E-state index contributed by atoms with van der Waals surface area (Å²) in [5.41, 5.74) is 3.44. The maximum atomic E-state index is 6.11. The normalized spacial score (nSPS) is 15.3. The standard InChI is InChI=1S/C16H16Cl3N3S/c17-11-8-13(18)16(14(19)9-11)21-20-10-12-4-5-15(23-12)22-6-2-1-3-7-22/h4-5,8-10,21H,1-3,6-7H2/b20-10+. The Bertz CT molecular complexity index is 685. The van der Waals surface area contributed by atoms with Gasteiger partial charge in [-0.2, -0.15) is 5.10 Å². The third-order valence-electron chi connectivity index (χ3n) is 3.66. The van der Waals surface area contributed by atoms with Gasteiger partial charge in [-0.3, -0.25) is 5.43 Å². The highest BCUT2D eigenvalue weighted by Crippen LogP contribution is 2.33. The molecule has 0 unspecified atom stereocenters. The Balaban J connectivity index is 1.66. The number of hydrazone groups is 1. The van der Waals surface area contributed by atoms with Gasteiger partial charge in [-0.1, -0.05) is 34.8 Å². The Hall–Kier alpha value is -0.940. The van der Waals surface area contributed by atoms with Gasteiger partial charge < -0.3 is 4.90 Å². The van der Waals surface area contributed by atoms with Gasteiger partial charge in [0.2, 0.25) is 0 Å². The van der Waals surface area contributed by atoms with Crippen LogP contribution in [0.1, 0.15) is 24.1 Å². The summed E-state index contributed by atoms with van der Waals surface area (Å²) in [5, 5.41) is 6.91. The average molecular weight is 389 g/mol. The predicted octanol–water partition coefficient (Wildman–Crippen LogP) is 6.14. The van der Waals surface area contributed by atoms with E-state index in [9.17, 15) is 0 Å². The van der Waals surface area contributed by atoms with Gasteiger partial charge in [0.25, 0.3) is 0 Å². The molecule has 2 aromatic rings. The van der Waals surface area contributed by atoms with Crippen molar-refractivity contribution in [2.24, 2.45) is 5.10 Å². The number of anilines is 2. The largest absolute Gasteiger partial charge is 0.363 e. The molecule has 1 fully saturated rings. The van der Waals surface area contributed by atoms with Crippen LogP contribution in [0.25, 0.3) is 0 Å². The smallest absolute Gasteiger partial charge is 0.0935 e. The van der Waals surface area contributed by atoms with Crippen molar-refractivity contribution in [2.75, 3.05) is 23.4 Å². The van der Waals surface area contributed by atoms with Crippen LogP contribution in [-0.2, 0) is 0 Å². The second-order valence-corrected chi connectivity index (χ2v) is 7.68. The molecule has 122 valence electrons. The Morgan fingerprint density at radius 1 is 1.04 bits per heavy atom. The van der Waals surface area contributed by atoms with E-state index in [1.54, 1.807) is 29.7 Å². The number of nitrogens with zero attached hydrogens (tertiary/aromatic N) is 2. The van der Waals surface area contributed by atoms with E-state index < -0.39 is 0 Å². The number of benzene rings is 1. The predicted molar refractivity (Wildman–Crippen MR) is 103 cm³/mol. The maximum absolute atomic E-state index is 6.11. The zero-order valence-electron chi connectivity index (χ0n) is 12.4. The first-order chi connectivity index (χ1) is 11.1. The molecule has 1 saturated heterocycles. The molecule has 1 aromatic heterocycles. The number of thiophene rings is 1. The molecule has 2 heterocycles. The molecule has 1 aromatic carbocycles. The van der Waals surface area contributed by atoms with E-state index in [1.807, 2.05) is 0 Å². The van der Waals surface area contributed by atoms with Gasteiger partial charge >= 0.3 is 0 Å². The minimum Gasteiger partial charge on any atom is -0.363 e. The van der Waals surface area contributed by atoms with Crippen LogP contribution in [-0.4, -0.2) is 19.3 Å².